The SMILES string of the molecule is CC(=O)Nc1ccc(NC(=O)C2CSCC(=O)N2)cc1. The number of hydrogen-bond acceptors (Lipinski definition) is 4. The maximum Gasteiger partial charge on any atom is 0.247 e. The van der Waals surface area contributed by atoms with Crippen LogP contribution in [-0.2, 0) is 14.4 Å². The van der Waals surface area contributed by atoms with Crippen molar-refractivity contribution >= 4 is 40.9 Å². The molecule has 1 aliphatic rings. The van der Waals surface area contributed by atoms with Crippen LogP contribution in [0.3, 0.4) is 0 Å². The minimum Gasteiger partial charge on any atom is -0.343 e. The molecule has 1 aliphatic heterocycles. The normalized spacial score (nSPS) is 18.1. The van der Waals surface area contributed by atoms with Gasteiger partial charge in [0.15, 0.2) is 0 Å². The van der Waals surface area contributed by atoms with Crippen LogP contribution in [0.4, 0.5) is 11.4 Å². The fraction of sp³-hybridized carbons (Fsp3) is 0.308. The lowest BCUT2D eigenvalue weighted by atomic mass is 10.2. The molecule has 2 rings (SSSR count). The molecular formula is C13H15N3O3S. The molecule has 3 N–H and O–H groups in total. The number of anilines is 2. The predicted molar refractivity (Wildman–Crippen MR) is 78.6 cm³/mol. The molecule has 1 fully saturated rings. The van der Waals surface area contributed by atoms with Gasteiger partial charge in [-0.2, -0.15) is 0 Å². The summed E-state index contributed by atoms with van der Waals surface area (Å²) in [6, 6.07) is 6.29. The van der Waals surface area contributed by atoms with Crippen molar-refractivity contribution in [3.05, 3.63) is 24.3 Å². The summed E-state index contributed by atoms with van der Waals surface area (Å²) in [7, 11) is 0. The molecule has 7 heteroatoms. The highest BCUT2D eigenvalue weighted by Gasteiger charge is 2.24. The Bertz CT molecular complexity index is 530. The molecule has 0 aliphatic carbocycles. The van der Waals surface area contributed by atoms with Gasteiger partial charge in [-0.25, -0.2) is 0 Å². The third kappa shape index (κ3) is 3.99. The summed E-state index contributed by atoms with van der Waals surface area (Å²) in [6.45, 7) is 1.43. The van der Waals surface area contributed by atoms with Gasteiger partial charge in [-0.05, 0) is 24.3 Å². The number of carbonyl (C=O) groups is 3. The molecule has 0 radical (unpaired) electrons. The number of carbonyl (C=O) groups excluding carboxylic acids is 3. The third-order valence-corrected chi connectivity index (χ3v) is 3.68. The van der Waals surface area contributed by atoms with Crippen molar-refractivity contribution in [2.24, 2.45) is 0 Å². The molecule has 20 heavy (non-hydrogen) atoms. The molecule has 1 unspecified atom stereocenters. The molecule has 0 spiro atoms. The van der Waals surface area contributed by atoms with Gasteiger partial charge in [0.05, 0.1) is 5.75 Å². The van der Waals surface area contributed by atoms with Crippen LogP contribution in [0.15, 0.2) is 24.3 Å². The summed E-state index contributed by atoms with van der Waals surface area (Å²) in [5, 5.41) is 8.02. The number of thioether (sulfide) groups is 1. The smallest absolute Gasteiger partial charge is 0.247 e. The Hall–Kier alpha value is -2.02. The number of amides is 3. The first-order valence-electron chi connectivity index (χ1n) is 6.10. The summed E-state index contributed by atoms with van der Waals surface area (Å²) in [4.78, 5) is 34.1. The summed E-state index contributed by atoms with van der Waals surface area (Å²) < 4.78 is 0. The molecule has 1 heterocycles. The van der Waals surface area contributed by atoms with Crippen LogP contribution in [-0.4, -0.2) is 35.3 Å². The van der Waals surface area contributed by atoms with Gasteiger partial charge >= 0.3 is 0 Å². The Morgan fingerprint density at radius 3 is 2.35 bits per heavy atom. The molecule has 6 nitrogen and oxygen atoms in total. The van der Waals surface area contributed by atoms with Gasteiger partial charge in [-0.3, -0.25) is 14.4 Å². The van der Waals surface area contributed by atoms with Crippen molar-refractivity contribution in [3.8, 4) is 0 Å². The highest BCUT2D eigenvalue weighted by atomic mass is 32.2. The average Bonchev–Trinajstić information content (AvgIpc) is 2.40. The molecular weight excluding hydrogens is 278 g/mol. The highest BCUT2D eigenvalue weighted by Crippen LogP contribution is 2.15. The zero-order valence-corrected chi connectivity index (χ0v) is 11.8. The fourth-order valence-electron chi connectivity index (χ4n) is 1.76. The van der Waals surface area contributed by atoms with Crippen LogP contribution in [0.25, 0.3) is 0 Å². The van der Waals surface area contributed by atoms with Crippen molar-refractivity contribution in [2.45, 2.75) is 13.0 Å². The highest BCUT2D eigenvalue weighted by molar-refractivity contribution is 8.00. The van der Waals surface area contributed by atoms with E-state index in [-0.39, 0.29) is 17.7 Å². The standard InChI is InChI=1S/C13H15N3O3S/c1-8(17)14-9-2-4-10(5-3-9)15-13(19)11-6-20-7-12(18)16-11/h2-5,11H,6-7H2,1H3,(H,14,17)(H,15,19)(H,16,18). The van der Waals surface area contributed by atoms with E-state index < -0.39 is 6.04 Å². The van der Waals surface area contributed by atoms with Crippen molar-refractivity contribution in [3.63, 3.8) is 0 Å². The molecule has 0 bridgehead atoms. The van der Waals surface area contributed by atoms with Gasteiger partial charge in [0, 0.05) is 24.1 Å². The molecule has 1 atom stereocenters. The Morgan fingerprint density at radius 1 is 1.20 bits per heavy atom. The molecule has 1 aromatic carbocycles. The van der Waals surface area contributed by atoms with E-state index in [1.807, 2.05) is 0 Å². The number of hydrogen-bond donors (Lipinski definition) is 3. The zero-order valence-electron chi connectivity index (χ0n) is 10.9. The van der Waals surface area contributed by atoms with Crippen molar-refractivity contribution in [1.29, 1.82) is 0 Å². The van der Waals surface area contributed by atoms with Crippen LogP contribution < -0.4 is 16.0 Å². The third-order valence-electron chi connectivity index (χ3n) is 2.64. The maximum atomic E-state index is 12.0. The topological polar surface area (TPSA) is 87.3 Å². The monoisotopic (exact) mass is 293 g/mol. The molecule has 0 saturated carbocycles. The minimum absolute atomic E-state index is 0.123. The van der Waals surface area contributed by atoms with Crippen LogP contribution in [0.5, 0.6) is 0 Å². The summed E-state index contributed by atoms with van der Waals surface area (Å²) in [5.41, 5.74) is 1.28. The average molecular weight is 293 g/mol. The van der Waals surface area contributed by atoms with Crippen molar-refractivity contribution in [2.75, 3.05) is 22.1 Å². The lowest BCUT2D eigenvalue weighted by Gasteiger charge is -2.22. The van der Waals surface area contributed by atoms with Crippen LogP contribution in [0.2, 0.25) is 0 Å². The van der Waals surface area contributed by atoms with Crippen LogP contribution in [0.1, 0.15) is 6.92 Å². The molecule has 0 aromatic heterocycles. The van der Waals surface area contributed by atoms with Gasteiger partial charge in [0.2, 0.25) is 17.7 Å². The predicted octanol–water partition coefficient (Wildman–Crippen LogP) is 0.815. The first-order valence-corrected chi connectivity index (χ1v) is 7.25. The Kier molecular flexibility index (Phi) is 4.62. The second-order valence-electron chi connectivity index (χ2n) is 4.38. The Morgan fingerprint density at radius 2 is 1.80 bits per heavy atom. The van der Waals surface area contributed by atoms with E-state index >= 15 is 0 Å². The largest absolute Gasteiger partial charge is 0.343 e. The van der Waals surface area contributed by atoms with Gasteiger partial charge < -0.3 is 16.0 Å². The van der Waals surface area contributed by atoms with E-state index in [2.05, 4.69) is 16.0 Å². The lowest BCUT2D eigenvalue weighted by Crippen LogP contribution is -2.49. The second-order valence-corrected chi connectivity index (χ2v) is 5.41. The van der Waals surface area contributed by atoms with Crippen molar-refractivity contribution in [1.82, 2.24) is 5.32 Å². The van der Waals surface area contributed by atoms with Gasteiger partial charge in [0.25, 0.3) is 0 Å². The summed E-state index contributed by atoms with van der Waals surface area (Å²) in [5.74, 6) is 0.459. The van der Waals surface area contributed by atoms with E-state index in [9.17, 15) is 14.4 Å². The Labute approximate surface area is 120 Å². The zero-order chi connectivity index (χ0) is 14.5. The first kappa shape index (κ1) is 14.4. The molecule has 106 valence electrons. The minimum atomic E-state index is -0.503. The number of nitrogens with one attached hydrogen (secondary N) is 3. The second kappa shape index (κ2) is 6.42. The van der Waals surface area contributed by atoms with E-state index in [4.69, 9.17) is 0 Å². The number of rotatable bonds is 3. The molecule has 3 amide bonds. The van der Waals surface area contributed by atoms with E-state index in [0.29, 0.717) is 22.9 Å². The maximum absolute atomic E-state index is 12.0. The first-order chi connectivity index (χ1) is 9.54. The lowest BCUT2D eigenvalue weighted by molar-refractivity contribution is -0.124. The van der Waals surface area contributed by atoms with Crippen molar-refractivity contribution < 1.29 is 14.4 Å². The number of benzene rings is 1. The fourth-order valence-corrected chi connectivity index (χ4v) is 2.61. The van der Waals surface area contributed by atoms with Crippen LogP contribution in [0, 0.1) is 0 Å². The summed E-state index contributed by atoms with van der Waals surface area (Å²) >= 11 is 1.44. The van der Waals surface area contributed by atoms with E-state index in [0.717, 1.165) is 0 Å². The Balaban J connectivity index is 1.93. The van der Waals surface area contributed by atoms with E-state index in [1.165, 1.54) is 18.7 Å². The summed E-state index contributed by atoms with van der Waals surface area (Å²) in [6.07, 6.45) is 0. The van der Waals surface area contributed by atoms with Gasteiger partial charge in [-0.15, -0.1) is 11.8 Å². The van der Waals surface area contributed by atoms with Gasteiger partial charge in [0.1, 0.15) is 6.04 Å². The molecule has 1 aromatic rings. The van der Waals surface area contributed by atoms with E-state index in [1.54, 1.807) is 24.3 Å². The van der Waals surface area contributed by atoms with Gasteiger partial charge in [-0.1, -0.05) is 0 Å². The van der Waals surface area contributed by atoms with Crippen LogP contribution >= 0.6 is 11.8 Å². The molecule has 1 saturated heterocycles. The quantitative estimate of drug-likeness (QED) is 0.770.